The van der Waals surface area contributed by atoms with Crippen molar-refractivity contribution in [3.05, 3.63) is 157 Å². The molecule has 6 rings (SSSR count). The second-order valence-electron chi connectivity index (χ2n) is 17.9. The normalized spacial score (nSPS) is 12.3. The Bertz CT molecular complexity index is 2080. The molecule has 0 fully saturated rings. The number of aryl methyl sites for hydroxylation is 2. The summed E-state index contributed by atoms with van der Waals surface area (Å²) in [6.45, 7) is 26.0. The second kappa shape index (κ2) is 17.3. The number of benzene rings is 6. The fraction of sp³-hybridized carbons (Fsp3) is 0.250. The lowest BCUT2D eigenvalue weighted by Crippen LogP contribution is -2.47. The van der Waals surface area contributed by atoms with Crippen molar-refractivity contribution in [2.45, 2.75) is 79.3 Å². The first-order valence-electron chi connectivity index (χ1n) is 20.2. The van der Waals surface area contributed by atoms with Crippen LogP contribution < -0.4 is 18.7 Å². The number of anilines is 6. The van der Waals surface area contributed by atoms with Crippen molar-refractivity contribution in [3.63, 3.8) is 0 Å². The minimum absolute atomic E-state index is 0.835. The van der Waals surface area contributed by atoms with Crippen molar-refractivity contribution in [1.29, 1.82) is 0 Å². The maximum absolute atomic E-state index is 6.44. The van der Waals surface area contributed by atoms with Gasteiger partial charge in [0.25, 0.3) is 0 Å². The first-order valence-corrected chi connectivity index (χ1v) is 32.6. The SMILES string of the molecule is Cc1ccc(N(c2ccc(O[Si](C)(C)O[Si](C)(C)C)cc2)c2ccc(-c3ccc(N(c4ccc(C)cc4)c4ccc(O[Si](C)(C)O[Si](C)(C)C)cc4)cc3)cc2)cc1. The number of hydrogen-bond acceptors (Lipinski definition) is 6. The summed E-state index contributed by atoms with van der Waals surface area (Å²) in [4.78, 5) is 4.57. The van der Waals surface area contributed by atoms with Crippen LogP contribution in [0.15, 0.2) is 146 Å². The predicted octanol–water partition coefficient (Wildman–Crippen LogP) is 14.8. The summed E-state index contributed by atoms with van der Waals surface area (Å²) in [6.07, 6.45) is 0. The average Bonchev–Trinajstić information content (AvgIpc) is 3.13. The van der Waals surface area contributed by atoms with Crippen LogP contribution in [-0.2, 0) is 8.23 Å². The zero-order valence-corrected chi connectivity index (χ0v) is 40.4. The van der Waals surface area contributed by atoms with Crippen LogP contribution in [0.1, 0.15) is 11.1 Å². The van der Waals surface area contributed by atoms with Crippen LogP contribution in [0.3, 0.4) is 0 Å². The molecule has 0 saturated heterocycles. The lowest BCUT2D eigenvalue weighted by Gasteiger charge is -2.31. The van der Waals surface area contributed by atoms with Crippen molar-refractivity contribution in [1.82, 2.24) is 0 Å². The van der Waals surface area contributed by atoms with Crippen LogP contribution in [0.25, 0.3) is 11.1 Å². The van der Waals surface area contributed by atoms with Gasteiger partial charge in [-0.1, -0.05) is 59.7 Å². The van der Waals surface area contributed by atoms with Gasteiger partial charge in [-0.15, -0.1) is 0 Å². The molecule has 0 spiro atoms. The lowest BCUT2D eigenvalue weighted by molar-refractivity contribution is 0.396. The molecule has 0 aliphatic heterocycles. The highest BCUT2D eigenvalue weighted by atomic mass is 28.4. The van der Waals surface area contributed by atoms with Gasteiger partial charge in [0.05, 0.1) is 0 Å². The van der Waals surface area contributed by atoms with E-state index in [1.165, 1.54) is 11.1 Å². The third-order valence-electron chi connectivity index (χ3n) is 9.19. The predicted molar refractivity (Wildman–Crippen MR) is 256 cm³/mol. The molecule has 0 heterocycles. The van der Waals surface area contributed by atoms with Gasteiger partial charge in [0, 0.05) is 34.1 Å². The molecule has 0 aliphatic rings. The van der Waals surface area contributed by atoms with Crippen molar-refractivity contribution in [2.75, 3.05) is 9.80 Å². The second-order valence-corrected chi connectivity index (χ2v) is 33.9. The Balaban J connectivity index is 1.25. The van der Waals surface area contributed by atoms with Gasteiger partial charge >= 0.3 is 17.1 Å². The van der Waals surface area contributed by atoms with Crippen LogP contribution in [0, 0.1) is 13.8 Å². The van der Waals surface area contributed by atoms with E-state index >= 15 is 0 Å². The Labute approximate surface area is 351 Å². The molecule has 0 atom stereocenters. The third-order valence-corrected chi connectivity index (χ3v) is 19.5. The summed E-state index contributed by atoms with van der Waals surface area (Å²) in [5.74, 6) is 1.67. The molecule has 0 N–H and O–H groups in total. The van der Waals surface area contributed by atoms with E-state index < -0.39 is 33.8 Å². The van der Waals surface area contributed by atoms with E-state index in [1.54, 1.807) is 0 Å². The van der Waals surface area contributed by atoms with Gasteiger partial charge in [-0.25, -0.2) is 0 Å². The lowest BCUT2D eigenvalue weighted by atomic mass is 10.0. The quantitative estimate of drug-likeness (QED) is 0.0960. The van der Waals surface area contributed by atoms with Gasteiger partial charge < -0.3 is 26.9 Å². The van der Waals surface area contributed by atoms with Crippen molar-refractivity contribution in [2.24, 2.45) is 0 Å². The number of rotatable bonds is 15. The molecule has 0 bridgehead atoms. The van der Waals surface area contributed by atoms with Gasteiger partial charge in [-0.2, -0.15) is 0 Å². The maximum Gasteiger partial charge on any atom is 0.382 e. The van der Waals surface area contributed by atoms with Crippen LogP contribution in [0.4, 0.5) is 34.1 Å². The number of nitrogens with zero attached hydrogens (tertiary/aromatic N) is 2. The molecule has 0 amide bonds. The summed E-state index contributed by atoms with van der Waals surface area (Å²) >= 11 is 0. The summed E-state index contributed by atoms with van der Waals surface area (Å²) in [5, 5.41) is 0. The molecule has 0 unspecified atom stereocenters. The Morgan fingerprint density at radius 3 is 0.776 bits per heavy atom. The zero-order valence-electron chi connectivity index (χ0n) is 36.4. The fourth-order valence-corrected chi connectivity index (χ4v) is 20.8. The summed E-state index contributed by atoms with van der Waals surface area (Å²) in [5.41, 5.74) is 11.2. The Morgan fingerprint density at radius 2 is 0.534 bits per heavy atom. The largest absolute Gasteiger partial charge is 0.521 e. The van der Waals surface area contributed by atoms with Crippen molar-refractivity contribution < 1.29 is 17.1 Å². The highest BCUT2D eigenvalue weighted by molar-refractivity contribution is 6.82. The van der Waals surface area contributed by atoms with Gasteiger partial charge in [-0.05, 0) is 188 Å². The van der Waals surface area contributed by atoms with Crippen LogP contribution in [-0.4, -0.2) is 33.8 Å². The summed E-state index contributed by atoms with van der Waals surface area (Å²) in [7, 11) is -8.10. The molecule has 6 aromatic rings. The zero-order chi connectivity index (χ0) is 41.9. The van der Waals surface area contributed by atoms with E-state index in [9.17, 15) is 0 Å². The van der Waals surface area contributed by atoms with Gasteiger partial charge in [-0.3, -0.25) is 0 Å². The van der Waals surface area contributed by atoms with Gasteiger partial charge in [0.15, 0.2) is 16.6 Å². The molecular formula is C48H60N2O4Si4. The monoisotopic (exact) mass is 840 g/mol. The fourth-order valence-electron chi connectivity index (χ4n) is 7.30. The molecule has 0 radical (unpaired) electrons. The Hall–Kier alpha value is -4.69. The van der Waals surface area contributed by atoms with E-state index in [-0.39, 0.29) is 0 Å². The Kier molecular flexibility index (Phi) is 12.8. The van der Waals surface area contributed by atoms with E-state index in [0.29, 0.717) is 0 Å². The third kappa shape index (κ3) is 11.7. The van der Waals surface area contributed by atoms with Crippen molar-refractivity contribution >= 4 is 67.9 Å². The standard InChI is InChI=1S/C48H60N2O4Si4/c1-37-13-21-41(22-14-37)49(45-29-33-47(34-30-45)51-57(9,10)53-55(3,4)5)43-25-17-39(18-26-43)40-19-27-44(28-20-40)50(42-23-15-38(2)16-24-42)46-31-35-48(36-32-46)52-58(11,12)54-56(6,7)8/h13-36H,1-12H3. The first-order chi connectivity index (χ1) is 27.2. The van der Waals surface area contributed by atoms with Crippen LogP contribution in [0.2, 0.25) is 65.5 Å². The molecule has 0 saturated carbocycles. The molecule has 0 aromatic heterocycles. The average molecular weight is 841 g/mol. The minimum atomic E-state index is -2.32. The van der Waals surface area contributed by atoms with Crippen LogP contribution >= 0.6 is 0 Å². The highest BCUT2D eigenvalue weighted by Gasteiger charge is 2.34. The molecule has 0 aliphatic carbocycles. The van der Waals surface area contributed by atoms with Crippen molar-refractivity contribution in [3.8, 4) is 22.6 Å². The Morgan fingerprint density at radius 1 is 0.310 bits per heavy atom. The van der Waals surface area contributed by atoms with E-state index in [4.69, 9.17) is 17.1 Å². The topological polar surface area (TPSA) is 43.4 Å². The molecular weight excluding hydrogens is 781 g/mol. The molecule has 10 heteroatoms. The smallest absolute Gasteiger partial charge is 0.382 e. The maximum atomic E-state index is 6.44. The molecule has 58 heavy (non-hydrogen) atoms. The van der Waals surface area contributed by atoms with E-state index in [2.05, 4.69) is 235 Å². The minimum Gasteiger partial charge on any atom is -0.521 e. The van der Waals surface area contributed by atoms with Gasteiger partial charge in [0.1, 0.15) is 11.5 Å². The molecule has 6 aromatic carbocycles. The molecule has 302 valence electrons. The number of hydrogen-bond donors (Lipinski definition) is 0. The highest BCUT2D eigenvalue weighted by Crippen LogP contribution is 2.39. The summed E-state index contributed by atoms with van der Waals surface area (Å²) < 4.78 is 25.7. The van der Waals surface area contributed by atoms with Gasteiger partial charge in [0.2, 0.25) is 0 Å². The summed E-state index contributed by atoms with van der Waals surface area (Å²) in [6, 6.07) is 51.7. The first kappa shape index (κ1) is 42.9. The van der Waals surface area contributed by atoms with Crippen LogP contribution in [0.5, 0.6) is 11.5 Å². The van der Waals surface area contributed by atoms with E-state index in [1.807, 2.05) is 0 Å². The molecule has 6 nitrogen and oxygen atoms in total. The van der Waals surface area contributed by atoms with E-state index in [0.717, 1.165) is 56.8 Å².